The van der Waals surface area contributed by atoms with E-state index in [-0.39, 0.29) is 17.9 Å². The van der Waals surface area contributed by atoms with Crippen LogP contribution in [0.4, 0.5) is 10.5 Å². The Labute approximate surface area is 145 Å². The topological polar surface area (TPSA) is 97.6 Å². The molecule has 130 valence electrons. The van der Waals surface area contributed by atoms with Crippen LogP contribution in [0.25, 0.3) is 0 Å². The third-order valence-electron chi connectivity index (χ3n) is 4.09. The van der Waals surface area contributed by atoms with Crippen LogP contribution in [0, 0.1) is 5.92 Å². The van der Waals surface area contributed by atoms with Gasteiger partial charge in [-0.15, -0.1) is 0 Å². The quantitative estimate of drug-likeness (QED) is 0.870. The summed E-state index contributed by atoms with van der Waals surface area (Å²) in [4.78, 5) is 29.1. The van der Waals surface area contributed by atoms with Gasteiger partial charge in [0.05, 0.1) is 17.8 Å². The highest BCUT2D eigenvalue weighted by Gasteiger charge is 2.29. The second-order valence-electron chi connectivity index (χ2n) is 5.92. The Balaban J connectivity index is 1.50. The molecule has 1 aromatic carbocycles. The lowest BCUT2D eigenvalue weighted by Crippen LogP contribution is -2.34. The van der Waals surface area contributed by atoms with Gasteiger partial charge < -0.3 is 20.7 Å². The van der Waals surface area contributed by atoms with Crippen LogP contribution in [0.1, 0.15) is 12.0 Å². The predicted molar refractivity (Wildman–Crippen MR) is 92.9 cm³/mol. The van der Waals surface area contributed by atoms with E-state index >= 15 is 0 Å². The van der Waals surface area contributed by atoms with Gasteiger partial charge in [-0.25, -0.2) is 9.78 Å². The lowest BCUT2D eigenvalue weighted by molar-refractivity contribution is -0.121. The van der Waals surface area contributed by atoms with E-state index in [2.05, 4.69) is 10.3 Å². The number of rotatable bonds is 5. The standard InChI is InChI=1S/C18H20N4O3/c19-17(23)14-8-9-22(11-14)18(24)21-15-6-7-16(20-10-15)25-12-13-4-2-1-3-5-13/h1-7,10,14H,8-9,11-12H2,(H2,19,23)(H,21,24)/t14-/m0/s1. The first-order chi connectivity index (χ1) is 12.1. The molecule has 25 heavy (non-hydrogen) atoms. The van der Waals surface area contributed by atoms with Gasteiger partial charge in [-0.2, -0.15) is 0 Å². The normalized spacial score (nSPS) is 16.5. The van der Waals surface area contributed by atoms with Crippen molar-refractivity contribution >= 4 is 17.6 Å². The SMILES string of the molecule is NC(=O)[C@H]1CCN(C(=O)Nc2ccc(OCc3ccccc3)nc2)C1. The zero-order valence-corrected chi connectivity index (χ0v) is 13.7. The number of nitrogens with zero attached hydrogens (tertiary/aromatic N) is 2. The van der Waals surface area contributed by atoms with Gasteiger partial charge >= 0.3 is 6.03 Å². The molecule has 3 amide bonds. The van der Waals surface area contributed by atoms with Gasteiger partial charge in [0.15, 0.2) is 0 Å². The summed E-state index contributed by atoms with van der Waals surface area (Å²) in [6, 6.07) is 13.0. The van der Waals surface area contributed by atoms with Crippen molar-refractivity contribution in [2.24, 2.45) is 11.7 Å². The van der Waals surface area contributed by atoms with E-state index < -0.39 is 0 Å². The van der Waals surface area contributed by atoms with Gasteiger partial charge in [0.1, 0.15) is 6.61 Å². The van der Waals surface area contributed by atoms with E-state index in [0.29, 0.717) is 37.7 Å². The largest absolute Gasteiger partial charge is 0.473 e. The first-order valence-corrected chi connectivity index (χ1v) is 8.10. The van der Waals surface area contributed by atoms with Gasteiger partial charge in [0, 0.05) is 19.2 Å². The predicted octanol–water partition coefficient (Wildman–Crippen LogP) is 2.00. The first-order valence-electron chi connectivity index (χ1n) is 8.10. The molecule has 3 rings (SSSR count). The Kier molecular flexibility index (Phi) is 5.13. The summed E-state index contributed by atoms with van der Waals surface area (Å²) in [6.07, 6.45) is 2.15. The Hall–Kier alpha value is -3.09. The number of nitrogens with one attached hydrogen (secondary N) is 1. The molecule has 1 aliphatic rings. The molecule has 1 aromatic heterocycles. The van der Waals surface area contributed by atoms with E-state index in [0.717, 1.165) is 5.56 Å². The summed E-state index contributed by atoms with van der Waals surface area (Å²) in [6.45, 7) is 1.31. The number of urea groups is 1. The fourth-order valence-corrected chi connectivity index (χ4v) is 2.65. The van der Waals surface area contributed by atoms with Crippen LogP contribution in [-0.2, 0) is 11.4 Å². The molecular formula is C18H20N4O3. The third-order valence-corrected chi connectivity index (χ3v) is 4.09. The molecule has 0 saturated carbocycles. The maximum absolute atomic E-state index is 12.2. The van der Waals surface area contributed by atoms with Crippen molar-refractivity contribution in [2.75, 3.05) is 18.4 Å². The van der Waals surface area contributed by atoms with Crippen molar-refractivity contribution in [1.29, 1.82) is 0 Å². The average Bonchev–Trinajstić information content (AvgIpc) is 3.13. The van der Waals surface area contributed by atoms with Crippen LogP contribution >= 0.6 is 0 Å². The van der Waals surface area contributed by atoms with Crippen molar-refractivity contribution < 1.29 is 14.3 Å². The van der Waals surface area contributed by atoms with Crippen molar-refractivity contribution in [2.45, 2.75) is 13.0 Å². The van der Waals surface area contributed by atoms with Crippen molar-refractivity contribution in [3.05, 3.63) is 54.2 Å². The summed E-state index contributed by atoms with van der Waals surface area (Å²) >= 11 is 0. The van der Waals surface area contributed by atoms with Gasteiger partial charge in [-0.1, -0.05) is 30.3 Å². The maximum atomic E-state index is 12.2. The van der Waals surface area contributed by atoms with E-state index in [1.54, 1.807) is 23.2 Å². The third kappa shape index (κ3) is 4.47. The number of carbonyl (C=O) groups excluding carboxylic acids is 2. The van der Waals surface area contributed by atoms with E-state index in [1.165, 1.54) is 0 Å². The molecule has 0 spiro atoms. The zero-order chi connectivity index (χ0) is 17.6. The molecule has 0 radical (unpaired) electrons. The molecular weight excluding hydrogens is 320 g/mol. The smallest absolute Gasteiger partial charge is 0.321 e. The number of ether oxygens (including phenoxy) is 1. The molecule has 3 N–H and O–H groups in total. The number of carbonyl (C=O) groups is 2. The fourth-order valence-electron chi connectivity index (χ4n) is 2.65. The van der Waals surface area contributed by atoms with Crippen molar-refractivity contribution in [1.82, 2.24) is 9.88 Å². The average molecular weight is 340 g/mol. The minimum Gasteiger partial charge on any atom is -0.473 e. The summed E-state index contributed by atoms with van der Waals surface area (Å²) in [5, 5.41) is 2.76. The monoisotopic (exact) mass is 340 g/mol. The number of aromatic nitrogens is 1. The number of likely N-dealkylation sites (tertiary alicyclic amines) is 1. The minimum absolute atomic E-state index is 0.261. The van der Waals surface area contributed by atoms with Crippen LogP contribution < -0.4 is 15.8 Å². The molecule has 2 aromatic rings. The number of primary amides is 1. The number of hydrogen-bond acceptors (Lipinski definition) is 4. The highest BCUT2D eigenvalue weighted by molar-refractivity contribution is 5.90. The fraction of sp³-hybridized carbons (Fsp3) is 0.278. The molecule has 7 nitrogen and oxygen atoms in total. The van der Waals surface area contributed by atoms with E-state index in [9.17, 15) is 9.59 Å². The van der Waals surface area contributed by atoms with Gasteiger partial charge in [-0.3, -0.25) is 4.79 Å². The Morgan fingerprint density at radius 2 is 2.04 bits per heavy atom. The van der Waals surface area contributed by atoms with Gasteiger partial charge in [0.2, 0.25) is 11.8 Å². The van der Waals surface area contributed by atoms with E-state index in [4.69, 9.17) is 10.5 Å². The van der Waals surface area contributed by atoms with Gasteiger partial charge in [0.25, 0.3) is 0 Å². The highest BCUT2D eigenvalue weighted by Crippen LogP contribution is 2.18. The second kappa shape index (κ2) is 7.65. The minimum atomic E-state index is -0.364. The molecule has 1 fully saturated rings. The lowest BCUT2D eigenvalue weighted by Gasteiger charge is -2.16. The lowest BCUT2D eigenvalue weighted by atomic mass is 10.1. The Morgan fingerprint density at radius 3 is 2.68 bits per heavy atom. The highest BCUT2D eigenvalue weighted by atomic mass is 16.5. The van der Waals surface area contributed by atoms with Crippen LogP contribution in [0.2, 0.25) is 0 Å². The number of hydrogen-bond donors (Lipinski definition) is 2. The molecule has 1 saturated heterocycles. The number of benzene rings is 1. The van der Waals surface area contributed by atoms with Crippen LogP contribution in [0.3, 0.4) is 0 Å². The first kappa shape index (κ1) is 16.8. The maximum Gasteiger partial charge on any atom is 0.321 e. The molecule has 7 heteroatoms. The Bertz CT molecular complexity index is 734. The summed E-state index contributed by atoms with van der Waals surface area (Å²) in [5.74, 6) is -0.147. The summed E-state index contributed by atoms with van der Waals surface area (Å²) in [5.41, 5.74) is 6.90. The van der Waals surface area contributed by atoms with Gasteiger partial charge in [-0.05, 0) is 18.1 Å². The second-order valence-corrected chi connectivity index (χ2v) is 5.92. The zero-order valence-electron chi connectivity index (χ0n) is 13.7. The molecule has 0 aliphatic carbocycles. The number of nitrogens with two attached hydrogens (primary N) is 1. The number of anilines is 1. The van der Waals surface area contributed by atoms with Crippen LogP contribution in [-0.4, -0.2) is 34.9 Å². The number of pyridine rings is 1. The summed E-state index contributed by atoms with van der Waals surface area (Å²) in [7, 11) is 0. The summed E-state index contributed by atoms with van der Waals surface area (Å²) < 4.78 is 5.61. The van der Waals surface area contributed by atoms with Crippen LogP contribution in [0.5, 0.6) is 5.88 Å². The Morgan fingerprint density at radius 1 is 1.24 bits per heavy atom. The van der Waals surface area contributed by atoms with Crippen molar-refractivity contribution in [3.8, 4) is 5.88 Å². The molecule has 1 atom stereocenters. The van der Waals surface area contributed by atoms with Crippen molar-refractivity contribution in [3.63, 3.8) is 0 Å². The molecule has 2 heterocycles. The molecule has 1 aliphatic heterocycles. The van der Waals surface area contributed by atoms with E-state index in [1.807, 2.05) is 30.3 Å². The van der Waals surface area contributed by atoms with Crippen LogP contribution in [0.15, 0.2) is 48.7 Å². The number of amides is 3. The molecule has 0 bridgehead atoms. The molecule has 0 unspecified atom stereocenters.